The highest BCUT2D eigenvalue weighted by molar-refractivity contribution is 7.80. The van der Waals surface area contributed by atoms with Gasteiger partial charge in [0, 0.05) is 21.1 Å². The van der Waals surface area contributed by atoms with Crippen LogP contribution in [0.2, 0.25) is 0 Å². The Bertz CT molecular complexity index is 125. The number of rotatable bonds is 1. The van der Waals surface area contributed by atoms with Crippen LogP contribution in [-0.4, -0.2) is 36.2 Å². The molecule has 4 nitrogen and oxygen atoms in total. The molecule has 0 aliphatic heterocycles. The second-order valence-electron chi connectivity index (χ2n) is 1.78. The van der Waals surface area contributed by atoms with E-state index in [0.717, 1.165) is 5.01 Å². The van der Waals surface area contributed by atoms with Crippen LogP contribution >= 0.6 is 12.2 Å². The summed E-state index contributed by atoms with van der Waals surface area (Å²) in [6.07, 6.45) is 0. The number of thiocarbonyl (C=S) groups is 1. The minimum absolute atomic E-state index is 0.407. The molecule has 0 N–H and O–H groups in total. The van der Waals surface area contributed by atoms with Crippen molar-refractivity contribution in [3.8, 4) is 0 Å². The molecule has 0 aromatic heterocycles. The van der Waals surface area contributed by atoms with E-state index in [-0.39, 0.29) is 0 Å². The largest absolute Gasteiger partial charge is 0.354 e. The molecule has 9 heavy (non-hydrogen) atoms. The first-order valence-electron chi connectivity index (χ1n) is 2.38. The average molecular weight is 147 g/mol. The molecule has 0 heterocycles. The van der Waals surface area contributed by atoms with E-state index in [1.807, 2.05) is 0 Å². The molecule has 0 aliphatic rings. The van der Waals surface area contributed by atoms with Crippen LogP contribution in [0.1, 0.15) is 0 Å². The van der Waals surface area contributed by atoms with E-state index in [1.54, 1.807) is 19.0 Å². The van der Waals surface area contributed by atoms with Gasteiger partial charge in [-0.25, -0.2) is 5.01 Å². The monoisotopic (exact) mass is 147 g/mol. The normalized spacial score (nSPS) is 8.33. The Labute approximate surface area is 59.4 Å². The second kappa shape index (κ2) is 3.34. The van der Waals surface area contributed by atoms with Crippen molar-refractivity contribution in [3.63, 3.8) is 0 Å². The quantitative estimate of drug-likeness (QED) is 0.306. The summed E-state index contributed by atoms with van der Waals surface area (Å²) in [6.45, 7) is 0. The Morgan fingerprint density at radius 2 is 1.89 bits per heavy atom. The topological polar surface area (TPSA) is 35.9 Å². The van der Waals surface area contributed by atoms with Crippen LogP contribution in [0.4, 0.5) is 0 Å². The van der Waals surface area contributed by atoms with Gasteiger partial charge in [0.05, 0.1) is 5.29 Å². The van der Waals surface area contributed by atoms with E-state index in [1.165, 1.54) is 7.05 Å². The van der Waals surface area contributed by atoms with Crippen LogP contribution in [0.3, 0.4) is 0 Å². The Hall–Kier alpha value is -0.710. The van der Waals surface area contributed by atoms with Crippen molar-refractivity contribution >= 4 is 17.3 Å². The molecule has 0 radical (unpaired) electrons. The van der Waals surface area contributed by atoms with Crippen molar-refractivity contribution in [1.82, 2.24) is 9.91 Å². The molecular formula is C4H9N3OS. The number of nitrogens with zero attached hydrogens (tertiary/aromatic N) is 3. The molecule has 0 aromatic carbocycles. The van der Waals surface area contributed by atoms with Gasteiger partial charge >= 0.3 is 0 Å². The zero-order chi connectivity index (χ0) is 7.44. The van der Waals surface area contributed by atoms with Crippen molar-refractivity contribution < 1.29 is 0 Å². The summed E-state index contributed by atoms with van der Waals surface area (Å²) in [7, 11) is 5.02. The first-order chi connectivity index (χ1) is 4.09. The highest BCUT2D eigenvalue weighted by Gasteiger charge is 2.03. The van der Waals surface area contributed by atoms with Gasteiger partial charge in [-0.05, 0) is 12.2 Å². The SMILES string of the molecule is CN(C)C(=S)N(C)N=O. The van der Waals surface area contributed by atoms with Crippen LogP contribution in [-0.2, 0) is 0 Å². The maximum absolute atomic E-state index is 9.81. The highest BCUT2D eigenvalue weighted by atomic mass is 32.1. The Balaban J connectivity index is 3.87. The van der Waals surface area contributed by atoms with Crippen LogP contribution < -0.4 is 0 Å². The Kier molecular flexibility index (Phi) is 3.08. The Morgan fingerprint density at radius 1 is 1.44 bits per heavy atom. The third-order valence-corrected chi connectivity index (χ3v) is 1.41. The average Bonchev–Trinajstić information content (AvgIpc) is 1.84. The van der Waals surface area contributed by atoms with E-state index in [0.29, 0.717) is 5.11 Å². The van der Waals surface area contributed by atoms with Gasteiger partial charge in [-0.15, -0.1) is 4.91 Å². The van der Waals surface area contributed by atoms with Crippen molar-refractivity contribution in [1.29, 1.82) is 0 Å². The van der Waals surface area contributed by atoms with Gasteiger partial charge in [-0.3, -0.25) is 0 Å². The van der Waals surface area contributed by atoms with E-state index >= 15 is 0 Å². The molecule has 0 amide bonds. The summed E-state index contributed by atoms with van der Waals surface area (Å²) in [6, 6.07) is 0. The molecule has 0 aliphatic carbocycles. The predicted octanol–water partition coefficient (Wildman–Crippen LogP) is 0.446. The van der Waals surface area contributed by atoms with Crippen molar-refractivity contribution in [2.45, 2.75) is 0 Å². The van der Waals surface area contributed by atoms with Crippen LogP contribution in [0.25, 0.3) is 0 Å². The molecule has 0 aromatic rings. The van der Waals surface area contributed by atoms with Gasteiger partial charge in [0.2, 0.25) is 0 Å². The van der Waals surface area contributed by atoms with E-state index in [2.05, 4.69) is 5.29 Å². The maximum atomic E-state index is 9.81. The summed E-state index contributed by atoms with van der Waals surface area (Å²) < 4.78 is 0. The minimum Gasteiger partial charge on any atom is -0.354 e. The first-order valence-corrected chi connectivity index (χ1v) is 2.78. The summed E-state index contributed by atoms with van der Waals surface area (Å²) >= 11 is 4.76. The number of hydrogen-bond acceptors (Lipinski definition) is 3. The van der Waals surface area contributed by atoms with Gasteiger partial charge in [0.1, 0.15) is 0 Å². The lowest BCUT2D eigenvalue weighted by Crippen LogP contribution is -2.32. The highest BCUT2D eigenvalue weighted by Crippen LogP contribution is 1.89. The zero-order valence-electron chi connectivity index (χ0n) is 5.66. The zero-order valence-corrected chi connectivity index (χ0v) is 6.47. The first kappa shape index (κ1) is 8.29. The maximum Gasteiger partial charge on any atom is 0.194 e. The fourth-order valence-electron chi connectivity index (χ4n) is 0.324. The van der Waals surface area contributed by atoms with E-state index < -0.39 is 0 Å². The van der Waals surface area contributed by atoms with Crippen molar-refractivity contribution in [2.75, 3.05) is 21.1 Å². The minimum atomic E-state index is 0.407. The Morgan fingerprint density at radius 3 is 2.00 bits per heavy atom. The molecular weight excluding hydrogens is 138 g/mol. The smallest absolute Gasteiger partial charge is 0.194 e. The predicted molar refractivity (Wildman–Crippen MR) is 39.8 cm³/mol. The molecule has 0 saturated carbocycles. The molecule has 5 heteroatoms. The fourth-order valence-corrected chi connectivity index (χ4v) is 0.358. The number of hydrogen-bond donors (Lipinski definition) is 0. The lowest BCUT2D eigenvalue weighted by molar-refractivity contribution is 0.456. The van der Waals surface area contributed by atoms with Gasteiger partial charge in [-0.1, -0.05) is 0 Å². The van der Waals surface area contributed by atoms with Gasteiger partial charge in [-0.2, -0.15) is 0 Å². The molecule has 52 valence electrons. The van der Waals surface area contributed by atoms with Gasteiger partial charge in [0.25, 0.3) is 0 Å². The lowest BCUT2D eigenvalue weighted by atomic mass is 10.8. The van der Waals surface area contributed by atoms with Crippen molar-refractivity contribution in [2.24, 2.45) is 5.29 Å². The van der Waals surface area contributed by atoms with Gasteiger partial charge < -0.3 is 4.90 Å². The standard InChI is InChI=1S/C4H9N3OS/c1-6(2)4(9)7(3)5-8/h1-3H3. The molecule has 0 fully saturated rings. The summed E-state index contributed by atoms with van der Waals surface area (Å²) in [5, 5.41) is 4.11. The fraction of sp³-hybridized carbons (Fsp3) is 0.750. The molecule has 0 spiro atoms. The second-order valence-corrected chi connectivity index (χ2v) is 2.15. The van der Waals surface area contributed by atoms with Crippen molar-refractivity contribution in [3.05, 3.63) is 4.91 Å². The number of nitroso groups, excluding NO2 is 1. The van der Waals surface area contributed by atoms with Crippen LogP contribution in [0.5, 0.6) is 0 Å². The van der Waals surface area contributed by atoms with Crippen LogP contribution in [0.15, 0.2) is 5.29 Å². The third kappa shape index (κ3) is 2.36. The summed E-state index contributed by atoms with van der Waals surface area (Å²) in [4.78, 5) is 11.4. The molecule has 0 bridgehead atoms. The van der Waals surface area contributed by atoms with Gasteiger partial charge in [0.15, 0.2) is 5.11 Å². The summed E-state index contributed by atoms with van der Waals surface area (Å²) in [5.41, 5.74) is 0. The van der Waals surface area contributed by atoms with Crippen LogP contribution in [0, 0.1) is 4.91 Å². The molecule has 0 unspecified atom stereocenters. The molecule has 0 rings (SSSR count). The third-order valence-electron chi connectivity index (χ3n) is 0.782. The lowest BCUT2D eigenvalue weighted by Gasteiger charge is -2.16. The van der Waals surface area contributed by atoms with E-state index in [4.69, 9.17) is 12.2 Å². The van der Waals surface area contributed by atoms with E-state index in [9.17, 15) is 4.91 Å². The molecule has 0 atom stereocenters. The molecule has 0 saturated heterocycles. The summed E-state index contributed by atoms with van der Waals surface area (Å²) in [5.74, 6) is 0.